The summed E-state index contributed by atoms with van der Waals surface area (Å²) in [6.45, 7) is 3.45. The van der Waals surface area contributed by atoms with Gasteiger partial charge in [-0.1, -0.05) is 0 Å². The molecule has 0 spiro atoms. The Morgan fingerprint density at radius 2 is 2.27 bits per heavy atom. The topological polar surface area (TPSA) is 73.2 Å². The highest BCUT2D eigenvalue weighted by molar-refractivity contribution is 5.78. The number of fused-ring (bicyclic) bond motifs is 1. The lowest BCUT2D eigenvalue weighted by Crippen LogP contribution is -2.33. The van der Waals surface area contributed by atoms with E-state index in [2.05, 4.69) is 10.3 Å². The summed E-state index contributed by atoms with van der Waals surface area (Å²) in [6, 6.07) is 3.80. The van der Waals surface area contributed by atoms with Crippen LogP contribution in [-0.2, 0) is 16.1 Å². The second-order valence-electron chi connectivity index (χ2n) is 4.74. The first-order chi connectivity index (χ1) is 10.6. The van der Waals surface area contributed by atoms with Crippen LogP contribution in [0.4, 0.5) is 4.39 Å². The molecule has 0 unspecified atom stereocenters. The van der Waals surface area contributed by atoms with Crippen molar-refractivity contribution in [2.75, 3.05) is 19.8 Å². The largest absolute Gasteiger partial charge is 0.382 e. The highest BCUT2D eigenvalue weighted by Crippen LogP contribution is 2.08. The van der Waals surface area contributed by atoms with E-state index in [1.807, 2.05) is 6.92 Å². The number of halogens is 1. The van der Waals surface area contributed by atoms with Crippen LogP contribution in [0.15, 0.2) is 29.3 Å². The summed E-state index contributed by atoms with van der Waals surface area (Å²) in [5, 5.41) is 2.86. The van der Waals surface area contributed by atoms with E-state index in [-0.39, 0.29) is 17.8 Å². The molecule has 0 saturated heterocycles. The predicted molar refractivity (Wildman–Crippen MR) is 80.1 cm³/mol. The molecule has 0 saturated carbocycles. The summed E-state index contributed by atoms with van der Waals surface area (Å²) < 4.78 is 19.5. The molecule has 1 N–H and O–H groups in total. The van der Waals surface area contributed by atoms with Crippen molar-refractivity contribution in [2.24, 2.45) is 0 Å². The number of nitrogens with one attached hydrogen (secondary N) is 1. The van der Waals surface area contributed by atoms with Gasteiger partial charge in [-0.3, -0.25) is 14.2 Å². The minimum Gasteiger partial charge on any atom is -0.382 e. The average Bonchev–Trinajstić information content (AvgIpc) is 2.50. The van der Waals surface area contributed by atoms with Crippen LogP contribution in [0.1, 0.15) is 13.3 Å². The van der Waals surface area contributed by atoms with Crippen LogP contribution in [0.25, 0.3) is 10.9 Å². The number of carbonyl (C=O) groups is 1. The smallest absolute Gasteiger partial charge is 0.261 e. The molecule has 22 heavy (non-hydrogen) atoms. The number of ether oxygens (including phenoxy) is 1. The SMILES string of the molecule is CCOCCCNC(=O)Cn1cnc2ccc(F)cc2c1=O. The molecule has 118 valence electrons. The monoisotopic (exact) mass is 307 g/mol. The summed E-state index contributed by atoms with van der Waals surface area (Å²) in [7, 11) is 0. The number of benzene rings is 1. The summed E-state index contributed by atoms with van der Waals surface area (Å²) in [6.07, 6.45) is 2.00. The van der Waals surface area contributed by atoms with Crippen molar-refractivity contribution in [3.8, 4) is 0 Å². The van der Waals surface area contributed by atoms with Crippen LogP contribution in [0.2, 0.25) is 0 Å². The van der Waals surface area contributed by atoms with Gasteiger partial charge in [-0.15, -0.1) is 0 Å². The van der Waals surface area contributed by atoms with E-state index >= 15 is 0 Å². The fourth-order valence-corrected chi connectivity index (χ4v) is 2.00. The minimum absolute atomic E-state index is 0.146. The molecule has 1 amide bonds. The van der Waals surface area contributed by atoms with Crippen LogP contribution in [0.3, 0.4) is 0 Å². The molecular formula is C15H18FN3O3. The maximum Gasteiger partial charge on any atom is 0.261 e. The third-order valence-corrected chi connectivity index (χ3v) is 3.09. The Morgan fingerprint density at radius 3 is 3.05 bits per heavy atom. The molecule has 0 aliphatic rings. The van der Waals surface area contributed by atoms with Gasteiger partial charge in [0.2, 0.25) is 5.91 Å². The standard InChI is InChI=1S/C15H18FN3O3/c1-2-22-7-3-6-17-14(20)9-19-10-18-13-5-4-11(16)8-12(13)15(19)21/h4-5,8,10H,2-3,6-7,9H2,1H3,(H,17,20). The summed E-state index contributed by atoms with van der Waals surface area (Å²) >= 11 is 0. The van der Waals surface area contributed by atoms with E-state index in [0.29, 0.717) is 31.7 Å². The van der Waals surface area contributed by atoms with E-state index in [4.69, 9.17) is 4.74 Å². The summed E-state index contributed by atoms with van der Waals surface area (Å²) in [5.74, 6) is -0.805. The van der Waals surface area contributed by atoms with Gasteiger partial charge in [0.1, 0.15) is 12.4 Å². The van der Waals surface area contributed by atoms with Crippen molar-refractivity contribution in [1.82, 2.24) is 14.9 Å². The van der Waals surface area contributed by atoms with Crippen molar-refractivity contribution >= 4 is 16.8 Å². The van der Waals surface area contributed by atoms with Crippen LogP contribution < -0.4 is 10.9 Å². The molecule has 0 fully saturated rings. The Morgan fingerprint density at radius 1 is 1.45 bits per heavy atom. The Hall–Kier alpha value is -2.28. The average molecular weight is 307 g/mol. The number of aromatic nitrogens is 2. The highest BCUT2D eigenvalue weighted by Gasteiger charge is 2.08. The molecule has 0 aliphatic carbocycles. The number of carbonyl (C=O) groups excluding carboxylic acids is 1. The predicted octanol–water partition coefficient (Wildman–Crippen LogP) is 1.08. The summed E-state index contributed by atoms with van der Waals surface area (Å²) in [5.41, 5.74) is -0.0336. The third-order valence-electron chi connectivity index (χ3n) is 3.09. The van der Waals surface area contributed by atoms with Crippen molar-refractivity contribution in [3.05, 3.63) is 40.7 Å². The fraction of sp³-hybridized carbons (Fsp3) is 0.400. The van der Waals surface area contributed by atoms with Crippen molar-refractivity contribution < 1.29 is 13.9 Å². The molecule has 2 aromatic rings. The minimum atomic E-state index is -0.510. The van der Waals surface area contributed by atoms with E-state index in [1.54, 1.807) is 0 Å². The van der Waals surface area contributed by atoms with Gasteiger partial charge in [-0.25, -0.2) is 9.37 Å². The van der Waals surface area contributed by atoms with E-state index < -0.39 is 11.4 Å². The Balaban J connectivity index is 2.01. The van der Waals surface area contributed by atoms with Crippen LogP contribution >= 0.6 is 0 Å². The number of hydrogen-bond donors (Lipinski definition) is 1. The zero-order valence-corrected chi connectivity index (χ0v) is 12.3. The lowest BCUT2D eigenvalue weighted by Gasteiger charge is -2.08. The highest BCUT2D eigenvalue weighted by atomic mass is 19.1. The van der Waals surface area contributed by atoms with Gasteiger partial charge in [-0.05, 0) is 31.5 Å². The zero-order valence-electron chi connectivity index (χ0n) is 12.3. The Labute approximate surface area is 126 Å². The number of rotatable bonds is 7. The molecule has 6 nitrogen and oxygen atoms in total. The number of hydrogen-bond acceptors (Lipinski definition) is 4. The second-order valence-corrected chi connectivity index (χ2v) is 4.74. The van der Waals surface area contributed by atoms with Crippen molar-refractivity contribution in [3.63, 3.8) is 0 Å². The molecule has 1 heterocycles. The lowest BCUT2D eigenvalue weighted by molar-refractivity contribution is -0.121. The lowest BCUT2D eigenvalue weighted by atomic mass is 10.2. The van der Waals surface area contributed by atoms with Gasteiger partial charge in [0, 0.05) is 19.8 Å². The van der Waals surface area contributed by atoms with E-state index in [1.165, 1.54) is 23.0 Å². The normalized spacial score (nSPS) is 10.8. The molecule has 7 heteroatoms. The number of nitrogens with zero attached hydrogens (tertiary/aromatic N) is 2. The van der Waals surface area contributed by atoms with Crippen LogP contribution in [0, 0.1) is 5.82 Å². The summed E-state index contributed by atoms with van der Waals surface area (Å²) in [4.78, 5) is 28.0. The Kier molecular flexibility index (Phi) is 5.60. The quantitative estimate of drug-likeness (QED) is 0.777. The van der Waals surface area contributed by atoms with Gasteiger partial charge < -0.3 is 10.1 Å². The molecule has 0 atom stereocenters. The van der Waals surface area contributed by atoms with Gasteiger partial charge in [0.25, 0.3) is 5.56 Å². The maximum absolute atomic E-state index is 13.2. The van der Waals surface area contributed by atoms with Gasteiger partial charge in [0.15, 0.2) is 0 Å². The van der Waals surface area contributed by atoms with Gasteiger partial charge in [0.05, 0.1) is 17.2 Å². The second kappa shape index (κ2) is 7.65. The molecule has 1 aromatic carbocycles. The first kappa shape index (κ1) is 16.1. The Bertz CT molecular complexity index is 715. The number of amides is 1. The van der Waals surface area contributed by atoms with Crippen LogP contribution in [-0.4, -0.2) is 35.2 Å². The molecule has 2 rings (SSSR count). The molecule has 0 radical (unpaired) electrons. The molecular weight excluding hydrogens is 289 g/mol. The first-order valence-electron chi connectivity index (χ1n) is 7.11. The fourth-order valence-electron chi connectivity index (χ4n) is 2.00. The van der Waals surface area contributed by atoms with E-state index in [9.17, 15) is 14.0 Å². The molecule has 0 aliphatic heterocycles. The van der Waals surface area contributed by atoms with Gasteiger partial charge >= 0.3 is 0 Å². The molecule has 1 aromatic heterocycles. The van der Waals surface area contributed by atoms with Crippen molar-refractivity contribution in [1.29, 1.82) is 0 Å². The van der Waals surface area contributed by atoms with E-state index in [0.717, 1.165) is 6.07 Å². The van der Waals surface area contributed by atoms with Gasteiger partial charge in [-0.2, -0.15) is 0 Å². The molecule has 0 bridgehead atoms. The third kappa shape index (κ3) is 4.11. The zero-order chi connectivity index (χ0) is 15.9. The maximum atomic E-state index is 13.2. The van der Waals surface area contributed by atoms with Crippen LogP contribution in [0.5, 0.6) is 0 Å². The first-order valence-corrected chi connectivity index (χ1v) is 7.11. The van der Waals surface area contributed by atoms with Crippen molar-refractivity contribution in [2.45, 2.75) is 19.9 Å².